The van der Waals surface area contributed by atoms with Gasteiger partial charge in [0, 0.05) is 42.3 Å². The number of carbonyl (C=O) groups excluding carboxylic acids is 2. The Morgan fingerprint density at radius 3 is 2.77 bits per heavy atom. The average molecular weight is 350 g/mol. The van der Waals surface area contributed by atoms with Crippen molar-refractivity contribution in [3.63, 3.8) is 0 Å². The van der Waals surface area contributed by atoms with Crippen molar-refractivity contribution in [2.24, 2.45) is 0 Å². The van der Waals surface area contributed by atoms with Crippen LogP contribution < -0.4 is 20.9 Å². The van der Waals surface area contributed by atoms with Crippen molar-refractivity contribution in [1.29, 1.82) is 0 Å². The van der Waals surface area contributed by atoms with Crippen molar-refractivity contribution in [1.82, 2.24) is 5.32 Å². The fourth-order valence-electron chi connectivity index (χ4n) is 3.70. The fraction of sp³-hybridized carbons (Fsp3) is 0.300. The molecule has 0 unspecified atom stereocenters. The normalized spacial score (nSPS) is 16.8. The maximum atomic E-state index is 13.2. The Bertz CT molecular complexity index is 865. The van der Waals surface area contributed by atoms with Gasteiger partial charge < -0.3 is 16.0 Å². The van der Waals surface area contributed by atoms with Gasteiger partial charge in [-0.25, -0.2) is 4.79 Å². The lowest BCUT2D eigenvalue weighted by Crippen LogP contribution is -2.46. The molecule has 0 saturated carbocycles. The zero-order valence-electron chi connectivity index (χ0n) is 14.6. The second kappa shape index (κ2) is 6.71. The van der Waals surface area contributed by atoms with E-state index in [0.717, 1.165) is 41.9 Å². The first-order chi connectivity index (χ1) is 12.6. The highest BCUT2D eigenvalue weighted by Gasteiger charge is 2.26. The zero-order valence-corrected chi connectivity index (χ0v) is 14.6. The Morgan fingerprint density at radius 1 is 1.08 bits per heavy atom. The van der Waals surface area contributed by atoms with Gasteiger partial charge in [-0.05, 0) is 55.2 Å². The number of amides is 3. The smallest absolute Gasteiger partial charge is 0.321 e. The number of nitrogens with zero attached hydrogens (tertiary/aromatic N) is 2. The lowest BCUT2D eigenvalue weighted by atomic mass is 9.99. The molecule has 2 aromatic rings. The van der Waals surface area contributed by atoms with Crippen molar-refractivity contribution in [2.45, 2.75) is 19.3 Å². The molecule has 2 aliphatic rings. The van der Waals surface area contributed by atoms with Crippen molar-refractivity contribution in [2.75, 3.05) is 35.2 Å². The summed E-state index contributed by atoms with van der Waals surface area (Å²) in [7, 11) is 0. The molecule has 0 aliphatic carbocycles. The summed E-state index contributed by atoms with van der Waals surface area (Å²) in [5, 5.41) is 2.84. The summed E-state index contributed by atoms with van der Waals surface area (Å²) < 4.78 is 0. The molecule has 26 heavy (non-hydrogen) atoms. The number of anilines is 3. The summed E-state index contributed by atoms with van der Waals surface area (Å²) >= 11 is 0. The van der Waals surface area contributed by atoms with Crippen LogP contribution in [0.2, 0.25) is 0 Å². The molecule has 1 saturated heterocycles. The predicted molar refractivity (Wildman–Crippen MR) is 103 cm³/mol. The second-order valence-corrected chi connectivity index (χ2v) is 6.69. The van der Waals surface area contributed by atoms with Gasteiger partial charge in [0.25, 0.3) is 5.91 Å². The summed E-state index contributed by atoms with van der Waals surface area (Å²) in [6.07, 6.45) is 2.67. The highest BCUT2D eigenvalue weighted by atomic mass is 16.2. The molecule has 0 spiro atoms. The van der Waals surface area contributed by atoms with Crippen LogP contribution in [0.15, 0.2) is 42.5 Å². The number of nitrogens with two attached hydrogens (primary N) is 1. The van der Waals surface area contributed by atoms with Gasteiger partial charge in [-0.3, -0.25) is 9.69 Å². The molecule has 0 bridgehead atoms. The zero-order chi connectivity index (χ0) is 18.1. The first kappa shape index (κ1) is 16.4. The van der Waals surface area contributed by atoms with E-state index in [9.17, 15) is 9.59 Å². The molecule has 1 fully saturated rings. The minimum absolute atomic E-state index is 0.0594. The third-order valence-electron chi connectivity index (χ3n) is 5.02. The Labute approximate surface area is 152 Å². The average Bonchev–Trinajstić information content (AvgIpc) is 2.68. The van der Waals surface area contributed by atoms with Crippen LogP contribution in [0.5, 0.6) is 0 Å². The molecule has 4 rings (SSSR count). The Morgan fingerprint density at radius 2 is 1.92 bits per heavy atom. The summed E-state index contributed by atoms with van der Waals surface area (Å²) in [6.45, 7) is 2.02. The van der Waals surface area contributed by atoms with E-state index >= 15 is 0 Å². The molecule has 0 atom stereocenters. The standard InChI is InChI=1S/C20H22N4O2/c21-17-8-2-9-18-16(17)7-3-11-24(18)19(25)14-5-1-6-15(13-14)23-12-4-10-22-20(23)26/h1-2,5-6,8-9,13H,3-4,7,10-12,21H2,(H,22,26). The maximum Gasteiger partial charge on any atom is 0.321 e. The molecular weight excluding hydrogens is 328 g/mol. The number of nitrogens with one attached hydrogen (secondary N) is 1. The first-order valence-corrected chi connectivity index (χ1v) is 9.00. The van der Waals surface area contributed by atoms with E-state index < -0.39 is 0 Å². The van der Waals surface area contributed by atoms with Gasteiger partial charge in [0.15, 0.2) is 0 Å². The Hall–Kier alpha value is -3.02. The second-order valence-electron chi connectivity index (χ2n) is 6.69. The lowest BCUT2D eigenvalue weighted by molar-refractivity contribution is 0.0985. The number of urea groups is 1. The summed E-state index contributed by atoms with van der Waals surface area (Å²) in [4.78, 5) is 28.7. The third kappa shape index (κ3) is 2.87. The molecule has 0 aromatic heterocycles. The summed E-state index contributed by atoms with van der Waals surface area (Å²) in [5.41, 5.74) is 10.1. The van der Waals surface area contributed by atoms with Crippen LogP contribution in [0, 0.1) is 0 Å². The van der Waals surface area contributed by atoms with Crippen molar-refractivity contribution < 1.29 is 9.59 Å². The topological polar surface area (TPSA) is 78.7 Å². The van der Waals surface area contributed by atoms with Crippen molar-refractivity contribution in [3.05, 3.63) is 53.6 Å². The van der Waals surface area contributed by atoms with E-state index in [4.69, 9.17) is 5.73 Å². The molecule has 134 valence electrons. The quantitative estimate of drug-likeness (QED) is 0.818. The van der Waals surface area contributed by atoms with E-state index in [1.54, 1.807) is 21.9 Å². The number of nitrogen functional groups attached to an aromatic ring is 1. The third-order valence-corrected chi connectivity index (χ3v) is 5.02. The highest BCUT2D eigenvalue weighted by Crippen LogP contribution is 2.32. The monoisotopic (exact) mass is 350 g/mol. The highest BCUT2D eigenvalue weighted by molar-refractivity contribution is 6.08. The minimum atomic E-state index is -0.114. The Kier molecular flexibility index (Phi) is 4.24. The molecule has 2 heterocycles. The predicted octanol–water partition coefficient (Wildman–Crippen LogP) is 2.78. The van der Waals surface area contributed by atoms with Gasteiger partial charge in [0.2, 0.25) is 0 Å². The molecule has 2 aliphatic heterocycles. The van der Waals surface area contributed by atoms with Gasteiger partial charge in [0.1, 0.15) is 0 Å². The van der Waals surface area contributed by atoms with Crippen LogP contribution in [-0.2, 0) is 6.42 Å². The van der Waals surface area contributed by atoms with E-state index in [0.29, 0.717) is 25.2 Å². The molecule has 3 amide bonds. The number of benzene rings is 2. The van der Waals surface area contributed by atoms with Gasteiger partial charge in [-0.15, -0.1) is 0 Å². The van der Waals surface area contributed by atoms with E-state index in [2.05, 4.69) is 5.32 Å². The van der Waals surface area contributed by atoms with Gasteiger partial charge in [-0.1, -0.05) is 12.1 Å². The SMILES string of the molecule is Nc1cccc2c1CCCN2C(=O)c1cccc(N2CCCNC2=O)c1. The van der Waals surface area contributed by atoms with Crippen molar-refractivity contribution in [3.8, 4) is 0 Å². The number of hydrogen-bond acceptors (Lipinski definition) is 3. The van der Waals surface area contributed by atoms with Crippen molar-refractivity contribution >= 4 is 29.0 Å². The number of fused-ring (bicyclic) bond motifs is 1. The van der Waals surface area contributed by atoms with Crippen LogP contribution in [0.25, 0.3) is 0 Å². The van der Waals surface area contributed by atoms with Crippen LogP contribution in [0.4, 0.5) is 21.9 Å². The van der Waals surface area contributed by atoms with Crippen LogP contribution in [0.3, 0.4) is 0 Å². The van der Waals surface area contributed by atoms with Gasteiger partial charge >= 0.3 is 6.03 Å². The molecular formula is C20H22N4O2. The fourth-order valence-corrected chi connectivity index (χ4v) is 3.70. The largest absolute Gasteiger partial charge is 0.398 e. The van der Waals surface area contributed by atoms with Gasteiger partial charge in [-0.2, -0.15) is 0 Å². The minimum Gasteiger partial charge on any atom is -0.398 e. The lowest BCUT2D eigenvalue weighted by Gasteiger charge is -2.31. The number of carbonyl (C=O) groups is 2. The molecule has 3 N–H and O–H groups in total. The Balaban J connectivity index is 1.65. The molecule has 2 aromatic carbocycles. The maximum absolute atomic E-state index is 13.2. The van der Waals surface area contributed by atoms with Gasteiger partial charge in [0.05, 0.1) is 0 Å². The number of hydrogen-bond donors (Lipinski definition) is 2. The first-order valence-electron chi connectivity index (χ1n) is 9.00. The summed E-state index contributed by atoms with van der Waals surface area (Å²) in [5.74, 6) is -0.0594. The van der Waals surface area contributed by atoms with Crippen LogP contribution in [-0.4, -0.2) is 31.6 Å². The van der Waals surface area contributed by atoms with Crippen LogP contribution in [0.1, 0.15) is 28.8 Å². The van der Waals surface area contributed by atoms with E-state index in [1.165, 1.54) is 0 Å². The molecule has 6 heteroatoms. The van der Waals surface area contributed by atoms with Crippen LogP contribution >= 0.6 is 0 Å². The summed E-state index contributed by atoms with van der Waals surface area (Å²) in [6, 6.07) is 12.9. The van der Waals surface area contributed by atoms with E-state index in [1.807, 2.05) is 30.3 Å². The molecule has 6 nitrogen and oxygen atoms in total. The van der Waals surface area contributed by atoms with E-state index in [-0.39, 0.29) is 11.9 Å². The molecule has 0 radical (unpaired) electrons. The number of rotatable bonds is 2.